The van der Waals surface area contributed by atoms with Gasteiger partial charge in [-0.05, 0) is 49.6 Å². The van der Waals surface area contributed by atoms with Gasteiger partial charge >= 0.3 is 0 Å². The SMILES string of the molecule is Cc1ccc(CNC(=O)CC(=O)Nc2cc(C)cc(C)c2)cc1. The van der Waals surface area contributed by atoms with Gasteiger partial charge in [-0.2, -0.15) is 0 Å². The van der Waals surface area contributed by atoms with Crippen LogP contribution in [0.4, 0.5) is 5.69 Å². The van der Waals surface area contributed by atoms with Crippen LogP contribution in [0.3, 0.4) is 0 Å². The summed E-state index contributed by atoms with van der Waals surface area (Å²) in [6.45, 7) is 6.38. The Morgan fingerprint density at radius 1 is 0.826 bits per heavy atom. The molecule has 2 aromatic carbocycles. The maximum Gasteiger partial charge on any atom is 0.233 e. The molecule has 0 aliphatic rings. The predicted octanol–water partition coefficient (Wildman–Crippen LogP) is 3.26. The third-order valence-corrected chi connectivity index (χ3v) is 3.44. The van der Waals surface area contributed by atoms with Crippen LogP contribution < -0.4 is 10.6 Å². The summed E-state index contributed by atoms with van der Waals surface area (Å²) in [6.07, 6.45) is -0.182. The summed E-state index contributed by atoms with van der Waals surface area (Å²) in [5.74, 6) is -0.594. The minimum Gasteiger partial charge on any atom is -0.352 e. The highest BCUT2D eigenvalue weighted by Crippen LogP contribution is 2.13. The zero-order valence-corrected chi connectivity index (χ0v) is 13.8. The Bertz CT molecular complexity index is 686. The molecule has 0 saturated heterocycles. The van der Waals surface area contributed by atoms with Crippen molar-refractivity contribution in [3.05, 3.63) is 64.7 Å². The number of rotatable bonds is 5. The summed E-state index contributed by atoms with van der Waals surface area (Å²) in [6, 6.07) is 13.7. The van der Waals surface area contributed by atoms with Gasteiger partial charge in [0.05, 0.1) is 0 Å². The molecule has 0 saturated carbocycles. The van der Waals surface area contributed by atoms with Gasteiger partial charge in [0.1, 0.15) is 6.42 Å². The molecule has 4 heteroatoms. The Labute approximate surface area is 136 Å². The van der Waals surface area contributed by atoms with Crippen LogP contribution >= 0.6 is 0 Å². The van der Waals surface area contributed by atoms with Crippen LogP contribution in [0.1, 0.15) is 28.7 Å². The lowest BCUT2D eigenvalue weighted by atomic mass is 10.1. The molecule has 0 fully saturated rings. The van der Waals surface area contributed by atoms with Gasteiger partial charge in [-0.25, -0.2) is 0 Å². The van der Waals surface area contributed by atoms with E-state index in [9.17, 15) is 9.59 Å². The van der Waals surface area contributed by atoms with Crippen LogP contribution in [0, 0.1) is 20.8 Å². The Kier molecular flexibility index (Phi) is 5.52. The van der Waals surface area contributed by atoms with Gasteiger partial charge in [-0.15, -0.1) is 0 Å². The van der Waals surface area contributed by atoms with Crippen LogP contribution in [-0.4, -0.2) is 11.8 Å². The summed E-state index contributed by atoms with van der Waals surface area (Å²) >= 11 is 0. The number of carbonyl (C=O) groups excluding carboxylic acids is 2. The smallest absolute Gasteiger partial charge is 0.233 e. The standard InChI is InChI=1S/C19H22N2O2/c1-13-4-6-16(7-5-13)12-20-18(22)11-19(23)21-17-9-14(2)8-15(3)10-17/h4-10H,11-12H2,1-3H3,(H,20,22)(H,21,23). The van der Waals surface area contributed by atoms with Crippen molar-refractivity contribution >= 4 is 17.5 Å². The summed E-state index contributed by atoms with van der Waals surface area (Å²) in [5, 5.41) is 5.52. The number of aryl methyl sites for hydroxylation is 3. The van der Waals surface area contributed by atoms with Crippen molar-refractivity contribution in [2.45, 2.75) is 33.7 Å². The second-order valence-electron chi connectivity index (χ2n) is 5.86. The van der Waals surface area contributed by atoms with Crippen LogP contribution in [0.25, 0.3) is 0 Å². The van der Waals surface area contributed by atoms with E-state index in [4.69, 9.17) is 0 Å². The van der Waals surface area contributed by atoms with Crippen molar-refractivity contribution in [2.75, 3.05) is 5.32 Å². The van der Waals surface area contributed by atoms with Gasteiger partial charge in [0, 0.05) is 12.2 Å². The highest BCUT2D eigenvalue weighted by Gasteiger charge is 2.10. The molecule has 4 nitrogen and oxygen atoms in total. The van der Waals surface area contributed by atoms with Gasteiger partial charge in [0.25, 0.3) is 0 Å². The molecule has 2 aromatic rings. The molecule has 120 valence electrons. The van der Waals surface area contributed by atoms with E-state index in [0.29, 0.717) is 6.54 Å². The molecule has 0 aromatic heterocycles. The van der Waals surface area contributed by atoms with Gasteiger partial charge in [0.15, 0.2) is 0 Å². The summed E-state index contributed by atoms with van der Waals surface area (Å²) in [5.41, 5.74) is 5.05. The van der Waals surface area contributed by atoms with Crippen molar-refractivity contribution < 1.29 is 9.59 Å². The minimum atomic E-state index is -0.309. The molecule has 2 rings (SSSR count). The maximum absolute atomic E-state index is 11.9. The number of anilines is 1. The molecular formula is C19H22N2O2. The van der Waals surface area contributed by atoms with Gasteiger partial charge in [-0.1, -0.05) is 35.9 Å². The highest BCUT2D eigenvalue weighted by molar-refractivity contribution is 6.03. The van der Waals surface area contributed by atoms with E-state index in [1.165, 1.54) is 5.56 Å². The van der Waals surface area contributed by atoms with Crippen LogP contribution in [0.5, 0.6) is 0 Å². The van der Waals surface area contributed by atoms with Crippen molar-refractivity contribution in [1.29, 1.82) is 0 Å². The average molecular weight is 310 g/mol. The molecule has 0 aliphatic heterocycles. The lowest BCUT2D eigenvalue weighted by Gasteiger charge is -2.08. The summed E-state index contributed by atoms with van der Waals surface area (Å²) < 4.78 is 0. The lowest BCUT2D eigenvalue weighted by Crippen LogP contribution is -2.27. The normalized spacial score (nSPS) is 10.2. The highest BCUT2D eigenvalue weighted by atomic mass is 16.2. The van der Waals surface area contributed by atoms with Crippen LogP contribution in [0.2, 0.25) is 0 Å². The molecule has 0 heterocycles. The fraction of sp³-hybridized carbons (Fsp3) is 0.263. The second-order valence-corrected chi connectivity index (χ2v) is 5.86. The maximum atomic E-state index is 11.9. The fourth-order valence-electron chi connectivity index (χ4n) is 2.37. The zero-order chi connectivity index (χ0) is 16.8. The Hall–Kier alpha value is -2.62. The quantitative estimate of drug-likeness (QED) is 0.833. The van der Waals surface area contributed by atoms with Crippen molar-refractivity contribution in [1.82, 2.24) is 5.32 Å². The Morgan fingerprint density at radius 2 is 1.43 bits per heavy atom. The zero-order valence-electron chi connectivity index (χ0n) is 13.8. The monoisotopic (exact) mass is 310 g/mol. The number of nitrogens with one attached hydrogen (secondary N) is 2. The molecule has 0 bridgehead atoms. The van der Waals surface area contributed by atoms with E-state index in [1.807, 2.05) is 63.2 Å². The first-order valence-electron chi connectivity index (χ1n) is 7.63. The van der Waals surface area contributed by atoms with Gasteiger partial charge < -0.3 is 10.6 Å². The fourth-order valence-corrected chi connectivity index (χ4v) is 2.37. The first-order valence-corrected chi connectivity index (χ1v) is 7.63. The van der Waals surface area contributed by atoms with E-state index in [2.05, 4.69) is 10.6 Å². The van der Waals surface area contributed by atoms with E-state index in [1.54, 1.807) is 0 Å². The molecule has 0 radical (unpaired) electrons. The number of hydrogen-bond donors (Lipinski definition) is 2. The van der Waals surface area contributed by atoms with E-state index >= 15 is 0 Å². The lowest BCUT2D eigenvalue weighted by molar-refractivity contribution is -0.126. The first kappa shape index (κ1) is 16.7. The van der Waals surface area contributed by atoms with Gasteiger partial charge in [-0.3, -0.25) is 9.59 Å². The second kappa shape index (κ2) is 7.58. The largest absolute Gasteiger partial charge is 0.352 e. The van der Waals surface area contributed by atoms with Crippen molar-refractivity contribution in [2.24, 2.45) is 0 Å². The van der Waals surface area contributed by atoms with Crippen molar-refractivity contribution in [3.63, 3.8) is 0 Å². The molecule has 0 aliphatic carbocycles. The summed E-state index contributed by atoms with van der Waals surface area (Å²) in [4.78, 5) is 23.8. The summed E-state index contributed by atoms with van der Waals surface area (Å²) in [7, 11) is 0. The molecule has 0 spiro atoms. The van der Waals surface area contributed by atoms with E-state index < -0.39 is 0 Å². The van der Waals surface area contributed by atoms with Crippen molar-refractivity contribution in [3.8, 4) is 0 Å². The number of carbonyl (C=O) groups is 2. The van der Waals surface area contributed by atoms with E-state index in [-0.39, 0.29) is 18.2 Å². The number of hydrogen-bond acceptors (Lipinski definition) is 2. The molecular weight excluding hydrogens is 288 g/mol. The molecule has 0 unspecified atom stereocenters. The third-order valence-electron chi connectivity index (χ3n) is 3.44. The average Bonchev–Trinajstić information content (AvgIpc) is 2.45. The number of benzene rings is 2. The Balaban J connectivity index is 1.82. The topological polar surface area (TPSA) is 58.2 Å². The molecule has 23 heavy (non-hydrogen) atoms. The molecule has 2 N–H and O–H groups in total. The minimum absolute atomic E-state index is 0.182. The first-order chi connectivity index (χ1) is 10.9. The van der Waals surface area contributed by atoms with E-state index in [0.717, 1.165) is 22.4 Å². The van der Waals surface area contributed by atoms with Crippen LogP contribution in [-0.2, 0) is 16.1 Å². The Morgan fingerprint density at radius 3 is 2.04 bits per heavy atom. The van der Waals surface area contributed by atoms with Gasteiger partial charge in [0.2, 0.25) is 11.8 Å². The molecule has 2 amide bonds. The third kappa shape index (κ3) is 5.58. The predicted molar refractivity (Wildman–Crippen MR) is 92.2 cm³/mol. The molecule has 0 atom stereocenters. The number of amides is 2. The van der Waals surface area contributed by atoms with Crippen LogP contribution in [0.15, 0.2) is 42.5 Å².